The number of benzene rings is 2. The Kier molecular flexibility index (Phi) is 7.83. The first-order valence-electron chi connectivity index (χ1n) is 10.8. The minimum Gasteiger partial charge on any atom is -0.469 e. The number of aliphatic hydroxyl groups is 2. The van der Waals surface area contributed by atoms with E-state index in [1.165, 1.54) is 19.2 Å². The van der Waals surface area contributed by atoms with E-state index in [1.807, 2.05) is 44.2 Å². The van der Waals surface area contributed by atoms with Crippen LogP contribution in [0.15, 0.2) is 54.6 Å². The molecule has 2 aromatic carbocycles. The zero-order chi connectivity index (χ0) is 23.3. The third-order valence-electron chi connectivity index (χ3n) is 5.82. The smallest absolute Gasteiger partial charge is 0.308 e. The first-order valence-corrected chi connectivity index (χ1v) is 10.8. The first kappa shape index (κ1) is 23.7. The van der Waals surface area contributed by atoms with E-state index in [-0.39, 0.29) is 18.7 Å². The molecule has 1 heterocycles. The summed E-state index contributed by atoms with van der Waals surface area (Å²) in [5, 5.41) is 20.5. The molecule has 0 aliphatic carbocycles. The molecule has 3 rings (SSSR count). The Morgan fingerprint density at radius 1 is 1.00 bits per heavy atom. The van der Waals surface area contributed by atoms with Crippen LogP contribution in [0.1, 0.15) is 36.2 Å². The van der Waals surface area contributed by atoms with Gasteiger partial charge in [0.1, 0.15) is 5.82 Å². The largest absolute Gasteiger partial charge is 0.469 e. The van der Waals surface area contributed by atoms with Gasteiger partial charge in [0, 0.05) is 22.6 Å². The maximum absolute atomic E-state index is 13.5. The number of aliphatic hydroxyl groups excluding tert-OH is 2. The normalized spacial score (nSPS) is 13.1. The van der Waals surface area contributed by atoms with Crippen LogP contribution in [0.2, 0.25) is 0 Å². The average Bonchev–Trinajstić information content (AvgIpc) is 3.02. The maximum atomic E-state index is 13.5. The molecule has 0 radical (unpaired) electrons. The molecule has 170 valence electrons. The zero-order valence-corrected chi connectivity index (χ0v) is 18.7. The summed E-state index contributed by atoms with van der Waals surface area (Å²) in [4.78, 5) is 11.3. The molecule has 0 spiro atoms. The van der Waals surface area contributed by atoms with Crippen LogP contribution >= 0.6 is 0 Å². The highest BCUT2D eigenvalue weighted by molar-refractivity contribution is 5.73. The molecule has 6 heteroatoms. The quantitative estimate of drug-likeness (QED) is 0.482. The molecule has 3 aromatic rings. The monoisotopic (exact) mass is 439 g/mol. The van der Waals surface area contributed by atoms with Gasteiger partial charge < -0.3 is 19.5 Å². The van der Waals surface area contributed by atoms with Crippen molar-refractivity contribution in [2.45, 2.75) is 51.7 Å². The second kappa shape index (κ2) is 10.6. The van der Waals surface area contributed by atoms with Gasteiger partial charge in [-0.15, -0.1) is 0 Å². The Morgan fingerprint density at radius 2 is 1.66 bits per heavy atom. The Bertz CT molecular complexity index is 1040. The van der Waals surface area contributed by atoms with Crippen LogP contribution in [0.5, 0.6) is 0 Å². The zero-order valence-electron chi connectivity index (χ0n) is 18.7. The van der Waals surface area contributed by atoms with Gasteiger partial charge in [-0.3, -0.25) is 4.79 Å². The number of carbonyl (C=O) groups is 1. The maximum Gasteiger partial charge on any atom is 0.308 e. The lowest BCUT2D eigenvalue weighted by atomic mass is 9.95. The van der Waals surface area contributed by atoms with Crippen molar-refractivity contribution in [3.8, 4) is 16.8 Å². The highest BCUT2D eigenvalue weighted by Gasteiger charge is 2.22. The van der Waals surface area contributed by atoms with Gasteiger partial charge in [0.15, 0.2) is 0 Å². The second-order valence-electron chi connectivity index (χ2n) is 8.06. The highest BCUT2D eigenvalue weighted by Crippen LogP contribution is 2.35. The molecule has 32 heavy (non-hydrogen) atoms. The van der Waals surface area contributed by atoms with Gasteiger partial charge in [0.25, 0.3) is 0 Å². The van der Waals surface area contributed by atoms with Gasteiger partial charge in [0.05, 0.1) is 25.7 Å². The van der Waals surface area contributed by atoms with Crippen LogP contribution in [-0.2, 0) is 16.0 Å². The molecule has 0 saturated carbocycles. The molecule has 0 saturated heterocycles. The molecular formula is C26H30FNO4. The summed E-state index contributed by atoms with van der Waals surface area (Å²) in [5.41, 5.74) is 6.13. The van der Waals surface area contributed by atoms with Crippen molar-refractivity contribution in [3.63, 3.8) is 0 Å². The summed E-state index contributed by atoms with van der Waals surface area (Å²) in [6.45, 7) is 4.08. The summed E-state index contributed by atoms with van der Waals surface area (Å²) in [6.07, 6.45) is -0.770. The summed E-state index contributed by atoms with van der Waals surface area (Å²) in [7, 11) is 1.27. The number of carbonyl (C=O) groups excluding carboxylic acids is 1. The van der Waals surface area contributed by atoms with Crippen molar-refractivity contribution >= 4 is 5.97 Å². The van der Waals surface area contributed by atoms with Crippen molar-refractivity contribution in [1.82, 2.24) is 4.57 Å². The molecular weight excluding hydrogens is 409 g/mol. The lowest BCUT2D eigenvalue weighted by Crippen LogP contribution is -2.21. The molecule has 2 unspecified atom stereocenters. The number of halogens is 1. The number of para-hydroxylation sites is 1. The van der Waals surface area contributed by atoms with E-state index in [0.717, 1.165) is 33.8 Å². The Balaban J connectivity index is 1.90. The molecule has 0 bridgehead atoms. The summed E-state index contributed by atoms with van der Waals surface area (Å²) >= 11 is 0. The van der Waals surface area contributed by atoms with Gasteiger partial charge in [-0.2, -0.15) is 0 Å². The molecule has 2 N–H and O–H groups in total. The molecule has 5 nitrogen and oxygen atoms in total. The van der Waals surface area contributed by atoms with Crippen LogP contribution in [-0.4, -0.2) is 40.1 Å². The topological polar surface area (TPSA) is 71.7 Å². The second-order valence-corrected chi connectivity index (χ2v) is 8.06. The van der Waals surface area contributed by atoms with E-state index in [9.17, 15) is 19.4 Å². The van der Waals surface area contributed by atoms with Gasteiger partial charge in [-0.05, 0) is 68.5 Å². The van der Waals surface area contributed by atoms with Crippen LogP contribution in [0.3, 0.4) is 0 Å². The number of rotatable bonds is 9. The van der Waals surface area contributed by atoms with Crippen LogP contribution < -0.4 is 0 Å². The first-order chi connectivity index (χ1) is 15.3. The van der Waals surface area contributed by atoms with E-state index in [2.05, 4.69) is 9.30 Å². The molecule has 0 aliphatic heterocycles. The van der Waals surface area contributed by atoms with E-state index >= 15 is 0 Å². The third-order valence-corrected chi connectivity index (χ3v) is 5.82. The van der Waals surface area contributed by atoms with E-state index < -0.39 is 18.2 Å². The summed E-state index contributed by atoms with van der Waals surface area (Å²) in [5.74, 6) is -0.795. The van der Waals surface area contributed by atoms with Gasteiger partial charge in [0.2, 0.25) is 0 Å². The summed E-state index contributed by atoms with van der Waals surface area (Å²) < 4.78 is 20.3. The van der Waals surface area contributed by atoms with E-state index in [0.29, 0.717) is 12.8 Å². The number of esters is 1. The lowest BCUT2D eigenvalue weighted by Gasteiger charge is -2.15. The third kappa shape index (κ3) is 5.44. The van der Waals surface area contributed by atoms with Gasteiger partial charge in [-0.25, -0.2) is 4.39 Å². The fraction of sp³-hybridized carbons (Fsp3) is 0.346. The number of aromatic nitrogens is 1. The minimum absolute atomic E-state index is 0.0956. The molecule has 0 aliphatic rings. The fourth-order valence-corrected chi connectivity index (χ4v) is 4.27. The number of nitrogens with zero attached hydrogens (tertiary/aromatic N) is 1. The van der Waals surface area contributed by atoms with Crippen LogP contribution in [0.4, 0.5) is 4.39 Å². The number of methoxy groups -OCH3 is 1. The molecule has 0 amide bonds. The minimum atomic E-state index is -0.953. The Labute approximate surface area is 188 Å². The van der Waals surface area contributed by atoms with Gasteiger partial charge >= 0.3 is 5.97 Å². The fourth-order valence-electron chi connectivity index (χ4n) is 4.27. The number of ether oxygens (including phenoxy) is 1. The van der Waals surface area contributed by atoms with Crippen molar-refractivity contribution in [1.29, 1.82) is 0 Å². The van der Waals surface area contributed by atoms with Crippen molar-refractivity contribution < 1.29 is 24.1 Å². The standard InChI is InChI=1S/C26H30FNO4/c1-17-24(14-13-22(29)15-23(30)16-25(31)32-3)26(19-9-11-20(27)12-10-19)18(2)28(17)21-7-5-4-6-8-21/h4-12,22-23,29-30H,13-16H2,1-3H3. The van der Waals surface area contributed by atoms with Crippen LogP contribution in [0, 0.1) is 19.7 Å². The molecule has 1 aromatic heterocycles. The van der Waals surface area contributed by atoms with E-state index in [1.54, 1.807) is 12.1 Å². The Hall–Kier alpha value is -2.96. The SMILES string of the molecule is COC(=O)CC(O)CC(O)CCc1c(-c2ccc(F)cc2)c(C)n(-c2ccccc2)c1C. The van der Waals surface area contributed by atoms with Crippen molar-refractivity contribution in [2.24, 2.45) is 0 Å². The van der Waals surface area contributed by atoms with Crippen molar-refractivity contribution in [3.05, 3.63) is 77.4 Å². The number of hydrogen-bond acceptors (Lipinski definition) is 4. The van der Waals surface area contributed by atoms with Crippen LogP contribution in [0.25, 0.3) is 16.8 Å². The van der Waals surface area contributed by atoms with Crippen molar-refractivity contribution in [2.75, 3.05) is 7.11 Å². The average molecular weight is 440 g/mol. The number of hydrogen-bond donors (Lipinski definition) is 2. The van der Waals surface area contributed by atoms with Gasteiger partial charge in [-0.1, -0.05) is 30.3 Å². The Morgan fingerprint density at radius 3 is 2.28 bits per heavy atom. The lowest BCUT2D eigenvalue weighted by molar-refractivity contribution is -0.143. The highest BCUT2D eigenvalue weighted by atomic mass is 19.1. The predicted molar refractivity (Wildman–Crippen MR) is 122 cm³/mol. The molecule has 0 fully saturated rings. The summed E-state index contributed by atoms with van der Waals surface area (Å²) in [6, 6.07) is 16.5. The predicted octanol–water partition coefficient (Wildman–Crippen LogP) is 4.51. The van der Waals surface area contributed by atoms with E-state index in [4.69, 9.17) is 0 Å². The molecule has 2 atom stereocenters.